The first-order valence-corrected chi connectivity index (χ1v) is 5.57. The summed E-state index contributed by atoms with van der Waals surface area (Å²) in [4.78, 5) is 13.5. The second-order valence-electron chi connectivity index (χ2n) is 3.71. The van der Waals surface area contributed by atoms with Crippen molar-refractivity contribution in [3.63, 3.8) is 0 Å². The summed E-state index contributed by atoms with van der Waals surface area (Å²) >= 11 is 0. The van der Waals surface area contributed by atoms with E-state index in [0.717, 1.165) is 25.9 Å². The van der Waals surface area contributed by atoms with Crippen LogP contribution < -0.4 is 0 Å². The van der Waals surface area contributed by atoms with Crippen molar-refractivity contribution in [2.45, 2.75) is 52.6 Å². The zero-order chi connectivity index (χ0) is 11.0. The van der Waals surface area contributed by atoms with Crippen molar-refractivity contribution in [2.24, 2.45) is 0 Å². The molecule has 0 aliphatic heterocycles. The zero-order valence-corrected chi connectivity index (χ0v) is 9.62. The smallest absolute Gasteiger partial charge is 0.222 e. The molecule has 1 unspecified atom stereocenters. The van der Waals surface area contributed by atoms with Crippen molar-refractivity contribution >= 4 is 5.91 Å². The fraction of sp³-hybridized carbons (Fsp3) is 0.909. The molecular weight excluding hydrogens is 178 g/mol. The SMILES string of the molecule is CCCCN(CC)C(=O)CCC(C)O. The molecule has 0 aliphatic rings. The number of aliphatic hydroxyl groups excluding tert-OH is 1. The summed E-state index contributed by atoms with van der Waals surface area (Å²) in [7, 11) is 0. The molecule has 1 amide bonds. The Morgan fingerprint density at radius 3 is 2.50 bits per heavy atom. The molecule has 0 saturated heterocycles. The maximum atomic E-state index is 11.6. The number of carbonyl (C=O) groups excluding carboxylic acids is 1. The molecule has 1 N–H and O–H groups in total. The van der Waals surface area contributed by atoms with Crippen LogP contribution in [-0.4, -0.2) is 35.1 Å². The fourth-order valence-electron chi connectivity index (χ4n) is 1.30. The Labute approximate surface area is 87.1 Å². The minimum Gasteiger partial charge on any atom is -0.393 e. The van der Waals surface area contributed by atoms with Crippen molar-refractivity contribution in [3.05, 3.63) is 0 Å². The first kappa shape index (κ1) is 13.4. The van der Waals surface area contributed by atoms with Gasteiger partial charge in [-0.15, -0.1) is 0 Å². The van der Waals surface area contributed by atoms with Gasteiger partial charge in [0.25, 0.3) is 0 Å². The Hall–Kier alpha value is -0.570. The first-order valence-electron chi connectivity index (χ1n) is 5.57. The van der Waals surface area contributed by atoms with Gasteiger partial charge in [-0.3, -0.25) is 4.79 Å². The Balaban J connectivity index is 3.79. The molecule has 0 radical (unpaired) electrons. The van der Waals surface area contributed by atoms with Gasteiger partial charge in [-0.05, 0) is 26.7 Å². The monoisotopic (exact) mass is 201 g/mol. The van der Waals surface area contributed by atoms with Gasteiger partial charge in [0.05, 0.1) is 6.10 Å². The zero-order valence-electron chi connectivity index (χ0n) is 9.62. The normalized spacial score (nSPS) is 12.6. The average Bonchev–Trinajstić information content (AvgIpc) is 2.16. The Morgan fingerprint density at radius 2 is 2.07 bits per heavy atom. The van der Waals surface area contributed by atoms with Crippen LogP contribution in [0.5, 0.6) is 0 Å². The number of carbonyl (C=O) groups is 1. The second kappa shape index (κ2) is 7.80. The van der Waals surface area contributed by atoms with Crippen molar-refractivity contribution in [1.82, 2.24) is 4.90 Å². The highest BCUT2D eigenvalue weighted by Gasteiger charge is 2.11. The number of hydrogen-bond acceptors (Lipinski definition) is 2. The Morgan fingerprint density at radius 1 is 1.43 bits per heavy atom. The molecule has 0 bridgehead atoms. The van der Waals surface area contributed by atoms with E-state index in [1.165, 1.54) is 0 Å². The Kier molecular flexibility index (Phi) is 7.48. The minimum atomic E-state index is -0.371. The highest BCUT2D eigenvalue weighted by Crippen LogP contribution is 2.03. The summed E-state index contributed by atoms with van der Waals surface area (Å²) in [6, 6.07) is 0. The molecule has 3 nitrogen and oxygen atoms in total. The third-order valence-electron chi connectivity index (χ3n) is 2.29. The van der Waals surface area contributed by atoms with Crippen LogP contribution in [0.1, 0.15) is 46.5 Å². The number of rotatable bonds is 7. The summed E-state index contributed by atoms with van der Waals surface area (Å²) in [6.45, 7) is 7.46. The number of unbranched alkanes of at least 4 members (excludes halogenated alkanes) is 1. The molecular formula is C11H23NO2. The van der Waals surface area contributed by atoms with Crippen LogP contribution in [0.3, 0.4) is 0 Å². The maximum Gasteiger partial charge on any atom is 0.222 e. The lowest BCUT2D eigenvalue weighted by Gasteiger charge is -2.20. The largest absolute Gasteiger partial charge is 0.393 e. The lowest BCUT2D eigenvalue weighted by molar-refractivity contribution is -0.131. The lowest BCUT2D eigenvalue weighted by atomic mass is 10.2. The van der Waals surface area contributed by atoms with E-state index in [-0.39, 0.29) is 12.0 Å². The van der Waals surface area contributed by atoms with Gasteiger partial charge < -0.3 is 10.0 Å². The van der Waals surface area contributed by atoms with Crippen molar-refractivity contribution < 1.29 is 9.90 Å². The van der Waals surface area contributed by atoms with Gasteiger partial charge in [0.15, 0.2) is 0 Å². The van der Waals surface area contributed by atoms with E-state index in [2.05, 4.69) is 6.92 Å². The summed E-state index contributed by atoms with van der Waals surface area (Å²) in [6.07, 6.45) is 2.84. The van der Waals surface area contributed by atoms with Crippen LogP contribution in [0.4, 0.5) is 0 Å². The maximum absolute atomic E-state index is 11.6. The summed E-state index contributed by atoms with van der Waals surface area (Å²) < 4.78 is 0. The van der Waals surface area contributed by atoms with Crippen LogP contribution in [0, 0.1) is 0 Å². The van der Waals surface area contributed by atoms with E-state index in [1.54, 1.807) is 6.92 Å². The van der Waals surface area contributed by atoms with Crippen molar-refractivity contribution in [2.75, 3.05) is 13.1 Å². The van der Waals surface area contributed by atoms with Crippen LogP contribution in [-0.2, 0) is 4.79 Å². The molecule has 0 heterocycles. The first-order chi connectivity index (χ1) is 6.61. The van der Waals surface area contributed by atoms with E-state index in [0.29, 0.717) is 12.8 Å². The summed E-state index contributed by atoms with van der Waals surface area (Å²) in [5, 5.41) is 9.06. The minimum absolute atomic E-state index is 0.168. The average molecular weight is 201 g/mol. The Bertz CT molecular complexity index is 157. The topological polar surface area (TPSA) is 40.5 Å². The number of hydrogen-bond donors (Lipinski definition) is 1. The van der Waals surface area contributed by atoms with E-state index >= 15 is 0 Å². The predicted molar refractivity (Wildman–Crippen MR) is 58.1 cm³/mol. The van der Waals surface area contributed by atoms with Gasteiger partial charge in [0, 0.05) is 19.5 Å². The predicted octanol–water partition coefficient (Wildman–Crippen LogP) is 1.80. The number of aliphatic hydroxyl groups is 1. The third kappa shape index (κ3) is 5.97. The van der Waals surface area contributed by atoms with Crippen molar-refractivity contribution in [1.29, 1.82) is 0 Å². The van der Waals surface area contributed by atoms with Gasteiger partial charge in [0.1, 0.15) is 0 Å². The van der Waals surface area contributed by atoms with Gasteiger partial charge in [0.2, 0.25) is 5.91 Å². The van der Waals surface area contributed by atoms with Gasteiger partial charge >= 0.3 is 0 Å². The quantitative estimate of drug-likeness (QED) is 0.682. The molecule has 0 aromatic rings. The highest BCUT2D eigenvalue weighted by atomic mass is 16.3. The number of amides is 1. The highest BCUT2D eigenvalue weighted by molar-refractivity contribution is 5.76. The lowest BCUT2D eigenvalue weighted by Crippen LogP contribution is -2.32. The van der Waals surface area contributed by atoms with Crippen LogP contribution in [0.15, 0.2) is 0 Å². The third-order valence-corrected chi connectivity index (χ3v) is 2.29. The molecule has 0 saturated carbocycles. The van der Waals surface area contributed by atoms with Gasteiger partial charge in [-0.2, -0.15) is 0 Å². The molecule has 0 aliphatic carbocycles. The van der Waals surface area contributed by atoms with Crippen LogP contribution >= 0.6 is 0 Å². The molecule has 0 fully saturated rings. The van der Waals surface area contributed by atoms with Gasteiger partial charge in [-0.1, -0.05) is 13.3 Å². The van der Waals surface area contributed by atoms with Gasteiger partial charge in [-0.25, -0.2) is 0 Å². The molecule has 3 heteroatoms. The standard InChI is InChI=1S/C11H23NO2/c1-4-6-9-12(5-2)11(14)8-7-10(3)13/h10,13H,4-9H2,1-3H3. The molecule has 1 atom stereocenters. The van der Waals surface area contributed by atoms with E-state index < -0.39 is 0 Å². The molecule has 84 valence electrons. The summed E-state index contributed by atoms with van der Waals surface area (Å²) in [5.74, 6) is 0.168. The molecule has 0 spiro atoms. The molecule has 14 heavy (non-hydrogen) atoms. The second-order valence-corrected chi connectivity index (χ2v) is 3.71. The molecule has 0 rings (SSSR count). The molecule has 0 aromatic carbocycles. The van der Waals surface area contributed by atoms with E-state index in [4.69, 9.17) is 5.11 Å². The van der Waals surface area contributed by atoms with Crippen LogP contribution in [0.2, 0.25) is 0 Å². The van der Waals surface area contributed by atoms with E-state index in [1.807, 2.05) is 11.8 Å². The van der Waals surface area contributed by atoms with Crippen LogP contribution in [0.25, 0.3) is 0 Å². The summed E-state index contributed by atoms with van der Waals surface area (Å²) in [5.41, 5.74) is 0. The molecule has 0 aromatic heterocycles. The van der Waals surface area contributed by atoms with E-state index in [9.17, 15) is 4.79 Å². The fourth-order valence-corrected chi connectivity index (χ4v) is 1.30. The number of nitrogens with zero attached hydrogens (tertiary/aromatic N) is 1. The van der Waals surface area contributed by atoms with Crippen molar-refractivity contribution in [3.8, 4) is 0 Å².